The Hall–Kier alpha value is 0.0839. The number of carbonyl (C=O) groups excluding carboxylic acids is 1. The van der Waals surface area contributed by atoms with Gasteiger partial charge < -0.3 is 18.6 Å². The number of hydrogen-bond acceptors (Lipinski definition) is 2. The van der Waals surface area contributed by atoms with E-state index in [-0.39, 0.29) is 32.7 Å². The monoisotopic (exact) mass is 214 g/mol. The third-order valence-electron chi connectivity index (χ3n) is 0.869. The summed E-state index contributed by atoms with van der Waals surface area (Å²) in [5.74, 6) is -0.541. The summed E-state index contributed by atoms with van der Waals surface area (Å²) in [6.45, 7) is 6.76. The predicted octanol–water partition coefficient (Wildman–Crippen LogP) is 1.15. The number of nitrogens with zero attached hydrogens (tertiary/aromatic N) is 3. The second-order valence-corrected chi connectivity index (χ2v) is 1.57. The van der Waals surface area contributed by atoms with E-state index in [1.54, 1.807) is 0 Å². The van der Waals surface area contributed by atoms with Crippen molar-refractivity contribution in [2.24, 2.45) is 11.0 Å². The first-order valence-electron chi connectivity index (χ1n) is 2.38. The van der Waals surface area contributed by atoms with Crippen molar-refractivity contribution in [2.45, 2.75) is 6.04 Å². The zero-order chi connectivity index (χ0) is 7.28. The second-order valence-electron chi connectivity index (χ2n) is 1.57. The van der Waals surface area contributed by atoms with Crippen molar-refractivity contribution < 1.29 is 37.5 Å². The summed E-state index contributed by atoms with van der Waals surface area (Å²) in [6.07, 6.45) is 0.604. The molecule has 2 atom stereocenters. The summed E-state index contributed by atoms with van der Waals surface area (Å²) in [4.78, 5) is 12.4. The van der Waals surface area contributed by atoms with Crippen LogP contribution in [0.1, 0.15) is 0 Å². The van der Waals surface area contributed by atoms with Gasteiger partial charge in [-0.15, -0.1) is 17.1 Å². The van der Waals surface area contributed by atoms with Crippen molar-refractivity contribution in [3.05, 3.63) is 24.3 Å². The first-order chi connectivity index (χ1) is 4.22. The molecule has 0 heterocycles. The molecule has 0 saturated carbocycles. The molecule has 2 unspecified atom stereocenters. The minimum Gasteiger partial charge on any atom is -0.337 e. The molecule has 0 aliphatic heterocycles. The molecule has 0 amide bonds. The smallest absolute Gasteiger partial charge is 0.0907 e. The second kappa shape index (κ2) is 7.19. The maximum Gasteiger partial charge on any atom is 0.0907 e. The van der Waals surface area contributed by atoms with Crippen molar-refractivity contribution in [1.82, 2.24) is 0 Å². The van der Waals surface area contributed by atoms with Gasteiger partial charge in [-0.1, -0.05) is 0 Å². The fourth-order valence-corrected chi connectivity index (χ4v) is 0.243. The van der Waals surface area contributed by atoms with E-state index in [1.807, 2.05) is 0 Å². The quantitative estimate of drug-likeness (QED) is 0.228. The van der Waals surface area contributed by atoms with Gasteiger partial charge in [-0.05, 0) is 10.4 Å². The van der Waals surface area contributed by atoms with E-state index in [0.29, 0.717) is 6.29 Å². The van der Waals surface area contributed by atoms with E-state index in [1.165, 1.54) is 0 Å². The topological polar surface area (TPSA) is 65.8 Å². The van der Waals surface area contributed by atoms with Gasteiger partial charge in [0.1, 0.15) is 0 Å². The van der Waals surface area contributed by atoms with Crippen LogP contribution in [0.3, 0.4) is 0 Å². The van der Waals surface area contributed by atoms with Gasteiger partial charge in [0.25, 0.3) is 0 Å². The van der Waals surface area contributed by atoms with Gasteiger partial charge in [-0.3, -0.25) is 0 Å². The van der Waals surface area contributed by atoms with Crippen molar-refractivity contribution in [3.63, 3.8) is 0 Å². The van der Waals surface area contributed by atoms with Crippen molar-refractivity contribution in [1.29, 1.82) is 0 Å². The Morgan fingerprint density at radius 3 is 2.40 bits per heavy atom. The molecule has 1 radical (unpaired) electrons. The Bertz CT molecular complexity index is 144. The van der Waals surface area contributed by atoms with E-state index in [4.69, 9.17) is 5.53 Å². The van der Waals surface area contributed by atoms with Crippen LogP contribution in [0, 0.1) is 19.8 Å². The number of rotatable bonds is 3. The number of carbonyl (C=O) groups is 1. The van der Waals surface area contributed by atoms with Crippen LogP contribution in [0.15, 0.2) is 5.11 Å². The standard InChI is InChI=1S/C5H7N3O.Y/c1-4(3-9)5(2)7-8-6;/h3-5H,1-2H2;/q-2;. The molecule has 53 valence electrons. The summed E-state index contributed by atoms with van der Waals surface area (Å²) in [7, 11) is 0. The zero-order valence-electron chi connectivity index (χ0n) is 5.47. The van der Waals surface area contributed by atoms with Crippen LogP contribution >= 0.6 is 0 Å². The molecule has 0 aliphatic carbocycles. The molecule has 0 aromatic rings. The van der Waals surface area contributed by atoms with Crippen LogP contribution in [0.4, 0.5) is 0 Å². The van der Waals surface area contributed by atoms with Gasteiger partial charge in [0.2, 0.25) is 0 Å². The average molecular weight is 214 g/mol. The number of aldehydes is 1. The van der Waals surface area contributed by atoms with Crippen LogP contribution in [-0.4, -0.2) is 12.3 Å². The summed E-state index contributed by atoms with van der Waals surface area (Å²) >= 11 is 0. The van der Waals surface area contributed by atoms with E-state index in [2.05, 4.69) is 23.9 Å². The summed E-state index contributed by atoms with van der Waals surface area (Å²) < 4.78 is 0. The third kappa shape index (κ3) is 4.92. The van der Waals surface area contributed by atoms with Gasteiger partial charge in [0.05, 0.1) is 6.29 Å². The van der Waals surface area contributed by atoms with E-state index in [0.717, 1.165) is 0 Å². The van der Waals surface area contributed by atoms with Crippen LogP contribution in [0.25, 0.3) is 10.4 Å². The van der Waals surface area contributed by atoms with Crippen molar-refractivity contribution >= 4 is 6.29 Å². The van der Waals surface area contributed by atoms with Crippen molar-refractivity contribution in [2.75, 3.05) is 0 Å². The first-order valence-corrected chi connectivity index (χ1v) is 2.38. The first kappa shape index (κ1) is 12.7. The number of hydrogen-bond donors (Lipinski definition) is 0. The molecule has 0 N–H and O–H groups in total. The molecular weight excluding hydrogens is 207 g/mol. The zero-order valence-corrected chi connectivity index (χ0v) is 8.31. The maximum absolute atomic E-state index is 9.94. The SMILES string of the molecule is [CH2-]C(C=O)C([CH2-])N=[N+]=[N-].[Y]. The largest absolute Gasteiger partial charge is 0.337 e. The molecular formula is C5H7N3OY-2. The molecule has 5 heteroatoms. The predicted molar refractivity (Wildman–Crippen MR) is 33.2 cm³/mol. The van der Waals surface area contributed by atoms with Gasteiger partial charge in [0, 0.05) is 32.7 Å². The van der Waals surface area contributed by atoms with Gasteiger partial charge in [0.15, 0.2) is 0 Å². The number of azide groups is 1. The Kier molecular flexibility index (Phi) is 9.16. The normalized spacial score (nSPS) is 13.8. The Balaban J connectivity index is 0. The molecule has 0 aromatic heterocycles. The maximum atomic E-state index is 9.94. The Labute approximate surface area is 84.9 Å². The molecule has 0 spiro atoms. The molecule has 0 aliphatic rings. The molecule has 4 nitrogen and oxygen atoms in total. The summed E-state index contributed by atoms with van der Waals surface area (Å²) in [5.41, 5.74) is 7.86. The summed E-state index contributed by atoms with van der Waals surface area (Å²) in [5, 5.41) is 3.17. The fourth-order valence-electron chi connectivity index (χ4n) is 0.243. The van der Waals surface area contributed by atoms with Crippen LogP contribution < -0.4 is 0 Å². The van der Waals surface area contributed by atoms with E-state index >= 15 is 0 Å². The molecule has 10 heavy (non-hydrogen) atoms. The van der Waals surface area contributed by atoms with Crippen molar-refractivity contribution in [3.8, 4) is 0 Å². The van der Waals surface area contributed by atoms with E-state index < -0.39 is 12.0 Å². The van der Waals surface area contributed by atoms with Gasteiger partial charge in [-0.2, -0.15) is 0 Å². The molecule has 0 fully saturated rings. The van der Waals surface area contributed by atoms with Gasteiger partial charge in [-0.25, -0.2) is 0 Å². The van der Waals surface area contributed by atoms with Crippen LogP contribution in [-0.2, 0) is 37.5 Å². The summed E-state index contributed by atoms with van der Waals surface area (Å²) in [6, 6.07) is -0.590. The third-order valence-corrected chi connectivity index (χ3v) is 0.869. The molecule has 0 rings (SSSR count). The minimum absolute atomic E-state index is 0. The minimum atomic E-state index is -0.590. The molecule has 0 bridgehead atoms. The van der Waals surface area contributed by atoms with Gasteiger partial charge >= 0.3 is 0 Å². The van der Waals surface area contributed by atoms with Crippen LogP contribution in [0.5, 0.6) is 0 Å². The van der Waals surface area contributed by atoms with Crippen LogP contribution in [0.2, 0.25) is 0 Å². The molecule has 0 saturated heterocycles. The Morgan fingerprint density at radius 2 is 2.10 bits per heavy atom. The molecule has 0 aromatic carbocycles. The Morgan fingerprint density at radius 1 is 1.60 bits per heavy atom. The van der Waals surface area contributed by atoms with E-state index in [9.17, 15) is 4.79 Å². The fraction of sp³-hybridized carbons (Fsp3) is 0.400. The average Bonchev–Trinajstić information content (AvgIpc) is 1.87.